The van der Waals surface area contributed by atoms with Gasteiger partial charge in [-0.3, -0.25) is 4.79 Å². The number of hydrogen-bond donors (Lipinski definition) is 0. The SMILES string of the molecule is COC1=CC2=CC[C@H]3[C@@H]4CCC[C@@]4(C)CC[C@@H]3[C@@]2(C)CC1C(=O)c1ccc(F)cc1. The molecule has 0 radical (unpaired) electrons. The number of methoxy groups -OCH3 is 1. The summed E-state index contributed by atoms with van der Waals surface area (Å²) in [4.78, 5) is 13.4. The van der Waals surface area contributed by atoms with Crippen LogP contribution in [0.25, 0.3) is 0 Å². The molecule has 1 unspecified atom stereocenters. The Morgan fingerprint density at radius 1 is 1.10 bits per heavy atom. The van der Waals surface area contributed by atoms with Gasteiger partial charge in [0.15, 0.2) is 5.78 Å². The molecule has 3 heteroatoms. The second-order valence-electron chi connectivity index (χ2n) is 10.7. The van der Waals surface area contributed by atoms with Gasteiger partial charge in [-0.15, -0.1) is 0 Å². The van der Waals surface area contributed by atoms with Gasteiger partial charge in [0.05, 0.1) is 13.0 Å². The van der Waals surface area contributed by atoms with Crippen molar-refractivity contribution in [3.8, 4) is 0 Å². The first kappa shape index (κ1) is 20.0. The Morgan fingerprint density at radius 3 is 2.60 bits per heavy atom. The molecule has 2 nitrogen and oxygen atoms in total. The van der Waals surface area contributed by atoms with Crippen molar-refractivity contribution in [2.75, 3.05) is 7.11 Å². The summed E-state index contributed by atoms with van der Waals surface area (Å²) in [5.41, 5.74) is 2.47. The molecule has 1 aromatic carbocycles. The monoisotopic (exact) mass is 408 g/mol. The van der Waals surface area contributed by atoms with Crippen molar-refractivity contribution in [1.29, 1.82) is 0 Å². The maximum atomic E-state index is 13.4. The summed E-state index contributed by atoms with van der Waals surface area (Å²) in [6, 6.07) is 5.95. The Balaban J connectivity index is 1.50. The molecule has 0 spiro atoms. The largest absolute Gasteiger partial charge is 0.500 e. The fraction of sp³-hybridized carbons (Fsp3) is 0.593. The lowest BCUT2D eigenvalue weighted by Gasteiger charge is -2.56. The Labute approximate surface area is 179 Å². The van der Waals surface area contributed by atoms with Gasteiger partial charge in [-0.2, -0.15) is 0 Å². The lowest BCUT2D eigenvalue weighted by atomic mass is 9.48. The Hall–Kier alpha value is -1.90. The van der Waals surface area contributed by atoms with Crippen LogP contribution in [0.5, 0.6) is 0 Å². The highest BCUT2D eigenvalue weighted by molar-refractivity contribution is 5.99. The van der Waals surface area contributed by atoms with Crippen LogP contribution in [0, 0.1) is 40.3 Å². The predicted octanol–water partition coefficient (Wildman–Crippen LogP) is 6.73. The van der Waals surface area contributed by atoms with E-state index in [1.54, 1.807) is 19.2 Å². The second-order valence-corrected chi connectivity index (χ2v) is 10.7. The van der Waals surface area contributed by atoms with Gasteiger partial charge in [0, 0.05) is 5.56 Å². The van der Waals surface area contributed by atoms with E-state index in [-0.39, 0.29) is 22.9 Å². The number of allylic oxidation sites excluding steroid dienone is 4. The molecule has 30 heavy (non-hydrogen) atoms. The van der Waals surface area contributed by atoms with Crippen LogP contribution in [0.4, 0.5) is 4.39 Å². The summed E-state index contributed by atoms with van der Waals surface area (Å²) in [6.07, 6.45) is 13.3. The highest BCUT2D eigenvalue weighted by Crippen LogP contribution is 2.65. The standard InChI is InChI=1S/C27H33FO2/c1-26-13-4-5-22(26)20-11-8-18-15-24(30-3)21(16-27(18,2)23(20)12-14-26)25(29)17-6-9-19(28)10-7-17/h6-10,15,20-23H,4-5,11-14,16H2,1-3H3/t20-,21?,22-,23-,26-,27-/m0/s1. The molecule has 0 N–H and O–H groups in total. The van der Waals surface area contributed by atoms with E-state index in [0.717, 1.165) is 24.0 Å². The van der Waals surface area contributed by atoms with Gasteiger partial charge >= 0.3 is 0 Å². The summed E-state index contributed by atoms with van der Waals surface area (Å²) < 4.78 is 19.1. The fourth-order valence-electron chi connectivity index (χ4n) is 7.62. The zero-order chi connectivity index (χ0) is 21.1. The number of hydrogen-bond acceptors (Lipinski definition) is 2. The van der Waals surface area contributed by atoms with Crippen molar-refractivity contribution < 1.29 is 13.9 Å². The van der Waals surface area contributed by atoms with Crippen LogP contribution in [-0.4, -0.2) is 12.9 Å². The van der Waals surface area contributed by atoms with Crippen molar-refractivity contribution in [3.63, 3.8) is 0 Å². The first-order valence-corrected chi connectivity index (χ1v) is 11.6. The summed E-state index contributed by atoms with van der Waals surface area (Å²) in [6.45, 7) is 4.91. The van der Waals surface area contributed by atoms with E-state index in [0.29, 0.717) is 16.9 Å². The van der Waals surface area contributed by atoms with Gasteiger partial charge in [0.2, 0.25) is 0 Å². The lowest BCUT2D eigenvalue weighted by Crippen LogP contribution is -2.49. The first-order chi connectivity index (χ1) is 14.4. The maximum Gasteiger partial charge on any atom is 0.173 e. The molecule has 0 aliphatic heterocycles. The van der Waals surface area contributed by atoms with Gasteiger partial charge in [0.25, 0.3) is 0 Å². The Kier molecular flexibility index (Phi) is 4.72. The topological polar surface area (TPSA) is 26.3 Å². The molecule has 5 rings (SSSR count). The van der Waals surface area contributed by atoms with Crippen LogP contribution in [0.1, 0.15) is 69.2 Å². The number of fused-ring (bicyclic) bond motifs is 5. The van der Waals surface area contributed by atoms with Crippen LogP contribution in [-0.2, 0) is 4.74 Å². The van der Waals surface area contributed by atoms with Crippen molar-refractivity contribution in [2.45, 2.75) is 58.8 Å². The molecule has 6 atom stereocenters. The zero-order valence-corrected chi connectivity index (χ0v) is 18.4. The molecule has 0 bridgehead atoms. The number of ketones is 1. The van der Waals surface area contributed by atoms with Gasteiger partial charge in [-0.1, -0.05) is 26.3 Å². The maximum absolute atomic E-state index is 13.4. The van der Waals surface area contributed by atoms with Gasteiger partial charge in [0.1, 0.15) is 11.6 Å². The van der Waals surface area contributed by atoms with E-state index in [1.807, 2.05) is 0 Å². The molecule has 2 saturated carbocycles. The molecule has 4 aliphatic carbocycles. The summed E-state index contributed by atoms with van der Waals surface area (Å²) >= 11 is 0. The van der Waals surface area contributed by atoms with Crippen molar-refractivity contribution in [2.24, 2.45) is 34.5 Å². The molecule has 0 saturated heterocycles. The quantitative estimate of drug-likeness (QED) is 0.519. The third-order valence-corrected chi connectivity index (χ3v) is 9.26. The normalized spacial score (nSPS) is 39.9. The van der Waals surface area contributed by atoms with E-state index in [9.17, 15) is 9.18 Å². The van der Waals surface area contributed by atoms with Crippen LogP contribution in [0.15, 0.2) is 47.7 Å². The number of carbonyl (C=O) groups excluding carboxylic acids is 1. The van der Waals surface area contributed by atoms with Crippen molar-refractivity contribution in [1.82, 2.24) is 0 Å². The Morgan fingerprint density at radius 2 is 1.87 bits per heavy atom. The van der Waals surface area contributed by atoms with Crippen LogP contribution < -0.4 is 0 Å². The minimum Gasteiger partial charge on any atom is -0.500 e. The molecular weight excluding hydrogens is 375 g/mol. The third-order valence-electron chi connectivity index (χ3n) is 9.26. The van der Waals surface area contributed by atoms with Crippen LogP contribution >= 0.6 is 0 Å². The highest BCUT2D eigenvalue weighted by atomic mass is 19.1. The molecule has 0 amide bonds. The molecule has 1 aromatic rings. The second kappa shape index (κ2) is 7.07. The number of halogens is 1. The number of carbonyl (C=O) groups is 1. The summed E-state index contributed by atoms with van der Waals surface area (Å²) in [5.74, 6) is 2.39. The number of Topliss-reactive ketones (excluding diaryl/α,β-unsaturated/α-hetero) is 1. The zero-order valence-electron chi connectivity index (χ0n) is 18.4. The minimum atomic E-state index is -0.313. The van der Waals surface area contributed by atoms with E-state index in [1.165, 1.54) is 56.2 Å². The van der Waals surface area contributed by atoms with Gasteiger partial charge < -0.3 is 4.74 Å². The molecule has 160 valence electrons. The minimum absolute atomic E-state index is 0.00915. The van der Waals surface area contributed by atoms with Crippen molar-refractivity contribution >= 4 is 5.78 Å². The Bertz CT molecular complexity index is 913. The van der Waals surface area contributed by atoms with E-state index < -0.39 is 0 Å². The summed E-state index contributed by atoms with van der Waals surface area (Å²) in [5, 5.41) is 0. The highest BCUT2D eigenvalue weighted by Gasteiger charge is 2.56. The molecule has 4 aliphatic rings. The molecule has 0 heterocycles. The van der Waals surface area contributed by atoms with Crippen LogP contribution in [0.3, 0.4) is 0 Å². The molecule has 2 fully saturated rings. The van der Waals surface area contributed by atoms with Gasteiger partial charge in [-0.25, -0.2) is 4.39 Å². The predicted molar refractivity (Wildman–Crippen MR) is 116 cm³/mol. The average Bonchev–Trinajstić information content (AvgIpc) is 3.14. The summed E-state index contributed by atoms with van der Waals surface area (Å²) in [7, 11) is 1.66. The van der Waals surface area contributed by atoms with Crippen LogP contribution in [0.2, 0.25) is 0 Å². The van der Waals surface area contributed by atoms with E-state index in [2.05, 4.69) is 26.0 Å². The number of rotatable bonds is 3. The van der Waals surface area contributed by atoms with Gasteiger partial charge in [-0.05, 0) is 103 Å². The molecule has 0 aromatic heterocycles. The fourth-order valence-corrected chi connectivity index (χ4v) is 7.62. The molecular formula is C27H33FO2. The number of benzene rings is 1. The van der Waals surface area contributed by atoms with E-state index in [4.69, 9.17) is 4.74 Å². The average molecular weight is 409 g/mol. The number of ether oxygens (including phenoxy) is 1. The van der Waals surface area contributed by atoms with Crippen molar-refractivity contribution in [3.05, 3.63) is 59.1 Å². The van der Waals surface area contributed by atoms with E-state index >= 15 is 0 Å². The first-order valence-electron chi connectivity index (χ1n) is 11.6. The lowest BCUT2D eigenvalue weighted by molar-refractivity contribution is -0.0249. The third kappa shape index (κ3) is 2.92. The smallest absolute Gasteiger partial charge is 0.173 e.